The predicted octanol–water partition coefficient (Wildman–Crippen LogP) is 0.923. The number of azo groups is 1. The van der Waals surface area contributed by atoms with Gasteiger partial charge in [-0.3, -0.25) is 0 Å². The van der Waals surface area contributed by atoms with Gasteiger partial charge in [0.1, 0.15) is 0 Å². The van der Waals surface area contributed by atoms with E-state index in [1.54, 1.807) is 13.0 Å². The molecule has 1 unspecified atom stereocenters. The Morgan fingerprint density at radius 1 is 1.75 bits per heavy atom. The highest BCUT2D eigenvalue weighted by molar-refractivity contribution is 5.67. The van der Waals surface area contributed by atoms with Crippen LogP contribution in [0.2, 0.25) is 0 Å². The molecule has 1 aliphatic rings. The van der Waals surface area contributed by atoms with Crippen LogP contribution in [0, 0.1) is 0 Å². The van der Waals surface area contributed by atoms with Crippen molar-refractivity contribution in [2.75, 3.05) is 0 Å². The smallest absolute Gasteiger partial charge is 0.154 e. The van der Waals surface area contributed by atoms with Crippen molar-refractivity contribution in [3.05, 3.63) is 12.3 Å². The van der Waals surface area contributed by atoms with Gasteiger partial charge in [0.15, 0.2) is 11.8 Å². The highest BCUT2D eigenvalue weighted by atomic mass is 16.1. The minimum atomic E-state index is -0.667. The molecule has 0 N–H and O–H groups in total. The second-order valence-corrected chi connectivity index (χ2v) is 1.87. The van der Waals surface area contributed by atoms with E-state index in [1.165, 1.54) is 6.20 Å². The van der Waals surface area contributed by atoms with Crippen LogP contribution in [-0.4, -0.2) is 11.8 Å². The Kier molecular flexibility index (Phi) is 0.970. The molecule has 0 aromatic rings. The van der Waals surface area contributed by atoms with Gasteiger partial charge in [-0.05, 0) is 13.0 Å². The Hall–Kier alpha value is -0.990. The second kappa shape index (κ2) is 1.51. The maximum atomic E-state index is 10.1. The van der Waals surface area contributed by atoms with Crippen LogP contribution in [0.3, 0.4) is 0 Å². The third-order valence-electron chi connectivity index (χ3n) is 0.990. The van der Waals surface area contributed by atoms with Gasteiger partial charge in [0, 0.05) is 6.20 Å². The molecule has 0 saturated heterocycles. The van der Waals surface area contributed by atoms with E-state index < -0.39 is 5.54 Å². The Morgan fingerprint density at radius 2 is 2.50 bits per heavy atom. The van der Waals surface area contributed by atoms with Gasteiger partial charge in [-0.2, -0.15) is 10.2 Å². The molecule has 1 atom stereocenters. The molecule has 1 heterocycles. The summed E-state index contributed by atoms with van der Waals surface area (Å²) in [5.41, 5.74) is -0.667. The van der Waals surface area contributed by atoms with Gasteiger partial charge in [-0.25, -0.2) is 0 Å². The zero-order valence-corrected chi connectivity index (χ0v) is 4.53. The summed E-state index contributed by atoms with van der Waals surface area (Å²) in [6.45, 7) is 1.70. The van der Waals surface area contributed by atoms with Gasteiger partial charge < -0.3 is 4.79 Å². The summed E-state index contributed by atoms with van der Waals surface area (Å²) in [6.07, 6.45) is 3.94. The highest BCUT2D eigenvalue weighted by Gasteiger charge is 2.20. The van der Waals surface area contributed by atoms with Crippen LogP contribution in [0.5, 0.6) is 0 Å². The molecule has 0 fully saturated rings. The van der Waals surface area contributed by atoms with Crippen LogP contribution < -0.4 is 0 Å². The van der Waals surface area contributed by atoms with Crippen LogP contribution in [-0.2, 0) is 4.79 Å². The molecule has 3 nitrogen and oxygen atoms in total. The van der Waals surface area contributed by atoms with Crippen LogP contribution in [0.1, 0.15) is 6.92 Å². The molecule has 0 spiro atoms. The van der Waals surface area contributed by atoms with Crippen molar-refractivity contribution in [2.45, 2.75) is 12.5 Å². The zero-order chi connectivity index (χ0) is 6.04. The molecule has 0 aromatic carbocycles. The third kappa shape index (κ3) is 0.665. The Morgan fingerprint density at radius 3 is 2.75 bits per heavy atom. The van der Waals surface area contributed by atoms with Crippen LogP contribution in [0.4, 0.5) is 0 Å². The first kappa shape index (κ1) is 5.15. The maximum absolute atomic E-state index is 10.1. The van der Waals surface area contributed by atoms with Crippen molar-refractivity contribution in [1.29, 1.82) is 0 Å². The van der Waals surface area contributed by atoms with Gasteiger partial charge >= 0.3 is 0 Å². The van der Waals surface area contributed by atoms with Crippen molar-refractivity contribution in [2.24, 2.45) is 10.2 Å². The lowest BCUT2D eigenvalue weighted by Crippen LogP contribution is -2.16. The number of hydrogen-bond acceptors (Lipinski definition) is 3. The summed E-state index contributed by atoms with van der Waals surface area (Å²) in [5.74, 6) is 0. The Bertz CT molecular complexity index is 148. The van der Waals surface area contributed by atoms with Crippen LogP contribution >= 0.6 is 0 Å². The molecule has 42 valence electrons. The van der Waals surface area contributed by atoms with E-state index >= 15 is 0 Å². The zero-order valence-electron chi connectivity index (χ0n) is 4.53. The first-order valence-electron chi connectivity index (χ1n) is 2.33. The Balaban J connectivity index is 2.83. The van der Waals surface area contributed by atoms with Gasteiger partial charge in [0.05, 0.1) is 0 Å². The minimum Gasteiger partial charge on any atom is -0.300 e. The van der Waals surface area contributed by atoms with E-state index in [4.69, 9.17) is 0 Å². The topological polar surface area (TPSA) is 41.8 Å². The quantitative estimate of drug-likeness (QED) is 0.463. The average Bonchev–Trinajstić information content (AvgIpc) is 2.17. The van der Waals surface area contributed by atoms with E-state index in [-0.39, 0.29) is 0 Å². The fourth-order valence-corrected chi connectivity index (χ4v) is 0.438. The van der Waals surface area contributed by atoms with Crippen LogP contribution in [0.25, 0.3) is 0 Å². The molecule has 0 amide bonds. The number of carbonyl (C=O) groups excluding carboxylic acids is 1. The van der Waals surface area contributed by atoms with Crippen molar-refractivity contribution in [3.8, 4) is 0 Å². The minimum absolute atomic E-state index is 0.667. The number of carbonyl (C=O) groups is 1. The molecule has 1 aliphatic heterocycles. The molecular weight excluding hydrogens is 104 g/mol. The Labute approximate surface area is 47.1 Å². The third-order valence-corrected chi connectivity index (χ3v) is 0.990. The second-order valence-electron chi connectivity index (χ2n) is 1.87. The summed E-state index contributed by atoms with van der Waals surface area (Å²) in [5, 5.41) is 7.15. The lowest BCUT2D eigenvalue weighted by Gasteiger charge is -2.02. The molecule has 0 saturated carbocycles. The lowest BCUT2D eigenvalue weighted by molar-refractivity contribution is -0.110. The normalized spacial score (nSPS) is 33.6. The fraction of sp³-hybridized carbons (Fsp3) is 0.400. The molecule has 0 radical (unpaired) electrons. The number of aldehydes is 1. The number of rotatable bonds is 1. The van der Waals surface area contributed by atoms with Gasteiger partial charge in [-0.15, -0.1) is 0 Å². The van der Waals surface area contributed by atoms with E-state index in [9.17, 15) is 4.79 Å². The van der Waals surface area contributed by atoms with Gasteiger partial charge in [-0.1, -0.05) is 0 Å². The van der Waals surface area contributed by atoms with Gasteiger partial charge in [0.2, 0.25) is 0 Å². The van der Waals surface area contributed by atoms with Crippen molar-refractivity contribution >= 4 is 6.29 Å². The van der Waals surface area contributed by atoms with E-state index in [0.717, 1.165) is 6.29 Å². The van der Waals surface area contributed by atoms with Crippen molar-refractivity contribution in [3.63, 3.8) is 0 Å². The molecule has 0 bridgehead atoms. The summed E-state index contributed by atoms with van der Waals surface area (Å²) in [4.78, 5) is 10.1. The molecule has 3 heteroatoms. The summed E-state index contributed by atoms with van der Waals surface area (Å²) < 4.78 is 0. The molecular formula is C5H6N2O. The largest absolute Gasteiger partial charge is 0.300 e. The lowest BCUT2D eigenvalue weighted by atomic mass is 10.1. The van der Waals surface area contributed by atoms with Crippen molar-refractivity contribution < 1.29 is 4.79 Å². The fourth-order valence-electron chi connectivity index (χ4n) is 0.438. The summed E-state index contributed by atoms with van der Waals surface area (Å²) in [6, 6.07) is 0. The van der Waals surface area contributed by atoms with E-state index in [1.807, 2.05) is 0 Å². The standard InChI is InChI=1S/C5H6N2O/c1-5(4-8)2-3-6-7-5/h2-4H,1H3. The number of nitrogens with zero attached hydrogens (tertiary/aromatic N) is 2. The van der Waals surface area contributed by atoms with Gasteiger partial charge in [0.25, 0.3) is 0 Å². The molecule has 1 rings (SSSR count). The van der Waals surface area contributed by atoms with E-state index in [2.05, 4.69) is 10.2 Å². The monoisotopic (exact) mass is 110 g/mol. The first-order valence-corrected chi connectivity index (χ1v) is 2.33. The van der Waals surface area contributed by atoms with E-state index in [0.29, 0.717) is 0 Å². The first-order chi connectivity index (χ1) is 3.77. The average molecular weight is 110 g/mol. The summed E-state index contributed by atoms with van der Waals surface area (Å²) in [7, 11) is 0. The predicted molar refractivity (Wildman–Crippen MR) is 28.5 cm³/mol. The summed E-state index contributed by atoms with van der Waals surface area (Å²) >= 11 is 0. The maximum Gasteiger partial charge on any atom is 0.154 e. The molecule has 0 aliphatic carbocycles. The SMILES string of the molecule is CC1(C=O)C=CN=N1. The highest BCUT2D eigenvalue weighted by Crippen LogP contribution is 2.14. The van der Waals surface area contributed by atoms with Crippen LogP contribution in [0.15, 0.2) is 22.5 Å². The van der Waals surface area contributed by atoms with Crippen molar-refractivity contribution in [1.82, 2.24) is 0 Å². The molecule has 8 heavy (non-hydrogen) atoms. The number of hydrogen-bond donors (Lipinski definition) is 0. The molecule has 0 aromatic heterocycles.